The summed E-state index contributed by atoms with van der Waals surface area (Å²) < 4.78 is 5.07. The number of thiophene rings is 1. The van der Waals surface area contributed by atoms with Crippen LogP contribution < -0.4 is 5.32 Å². The average molecular weight is 352 g/mol. The van der Waals surface area contributed by atoms with Gasteiger partial charge < -0.3 is 10.1 Å². The third-order valence-corrected chi connectivity index (χ3v) is 4.52. The summed E-state index contributed by atoms with van der Waals surface area (Å²) in [7, 11) is 0. The van der Waals surface area contributed by atoms with Crippen molar-refractivity contribution < 1.29 is 14.3 Å². The van der Waals surface area contributed by atoms with Crippen LogP contribution in [0.2, 0.25) is 5.02 Å². The summed E-state index contributed by atoms with van der Waals surface area (Å²) in [5.74, 6) is -0.826. The number of hydrogen-bond donors (Lipinski definition) is 1. The molecule has 0 aliphatic heterocycles. The minimum absolute atomic E-state index is 0.218. The summed E-state index contributed by atoms with van der Waals surface area (Å²) in [6.07, 6.45) is 0. The first-order valence-electron chi connectivity index (χ1n) is 7.16. The Morgan fingerprint density at radius 1 is 1.30 bits per heavy atom. The van der Waals surface area contributed by atoms with E-state index in [0.717, 1.165) is 15.3 Å². The van der Waals surface area contributed by atoms with Gasteiger partial charge in [0.25, 0.3) is 5.91 Å². The molecule has 0 aliphatic rings. The van der Waals surface area contributed by atoms with E-state index < -0.39 is 5.97 Å². The third-order valence-electron chi connectivity index (χ3n) is 3.32. The molecule has 1 amide bonds. The number of ether oxygens (including phenoxy) is 1. The van der Waals surface area contributed by atoms with Crippen LogP contribution in [0.3, 0.4) is 0 Å². The van der Waals surface area contributed by atoms with Crippen molar-refractivity contribution in [1.29, 1.82) is 0 Å². The molecule has 122 valence electrons. The van der Waals surface area contributed by atoms with Crippen LogP contribution in [0.25, 0.3) is 0 Å². The lowest BCUT2D eigenvalue weighted by atomic mass is 10.1. The number of rotatable bonds is 5. The number of amides is 1. The van der Waals surface area contributed by atoms with Crippen molar-refractivity contribution in [3.05, 3.63) is 56.2 Å². The number of aryl methyl sites for hydroxylation is 2. The van der Waals surface area contributed by atoms with Crippen LogP contribution in [0.15, 0.2) is 30.3 Å². The van der Waals surface area contributed by atoms with Gasteiger partial charge in [-0.15, -0.1) is 11.3 Å². The molecule has 0 bridgehead atoms. The predicted molar refractivity (Wildman–Crippen MR) is 92.1 cm³/mol. The normalized spacial score (nSPS) is 11.8. The summed E-state index contributed by atoms with van der Waals surface area (Å²) in [6, 6.07) is 8.81. The number of nitrogens with one attached hydrogen (secondary N) is 1. The quantitative estimate of drug-likeness (QED) is 0.827. The maximum atomic E-state index is 12.0. The summed E-state index contributed by atoms with van der Waals surface area (Å²) in [4.78, 5) is 25.8. The molecule has 1 aromatic heterocycles. The number of carbonyl (C=O) groups excluding carboxylic acids is 2. The maximum Gasteiger partial charge on any atom is 0.339 e. The largest absolute Gasteiger partial charge is 0.452 e. The topological polar surface area (TPSA) is 55.4 Å². The van der Waals surface area contributed by atoms with Gasteiger partial charge >= 0.3 is 5.97 Å². The van der Waals surface area contributed by atoms with Gasteiger partial charge in [0.1, 0.15) is 0 Å². The molecule has 2 rings (SSSR count). The van der Waals surface area contributed by atoms with Gasteiger partial charge in [-0.25, -0.2) is 4.79 Å². The molecule has 1 atom stereocenters. The van der Waals surface area contributed by atoms with E-state index in [9.17, 15) is 9.59 Å². The van der Waals surface area contributed by atoms with E-state index in [0.29, 0.717) is 10.6 Å². The lowest BCUT2D eigenvalue weighted by molar-refractivity contribution is -0.124. The SMILES string of the molecule is Cc1cc(C(=O)OCC(=O)N[C@H](C)c2cccc(Cl)c2)c(C)s1. The Bertz CT molecular complexity index is 726. The second kappa shape index (κ2) is 7.62. The van der Waals surface area contributed by atoms with Gasteiger partial charge in [-0.3, -0.25) is 4.79 Å². The Balaban J connectivity index is 1.87. The van der Waals surface area contributed by atoms with E-state index in [1.807, 2.05) is 32.9 Å². The standard InChI is InChI=1S/C17H18ClNO3S/c1-10-7-15(12(3)23-10)17(21)22-9-16(20)19-11(2)13-5-4-6-14(18)8-13/h4-8,11H,9H2,1-3H3,(H,19,20)/t11-/m1/s1. The van der Waals surface area contributed by atoms with Crippen LogP contribution in [0, 0.1) is 13.8 Å². The zero-order valence-electron chi connectivity index (χ0n) is 13.2. The highest BCUT2D eigenvalue weighted by atomic mass is 35.5. The Labute approximate surface area is 144 Å². The van der Waals surface area contributed by atoms with Gasteiger partial charge in [-0.05, 0) is 44.5 Å². The second-order valence-corrected chi connectivity index (χ2v) is 7.14. The first kappa shape index (κ1) is 17.5. The predicted octanol–water partition coefficient (Wildman–Crippen LogP) is 4.05. The van der Waals surface area contributed by atoms with Crippen molar-refractivity contribution in [3.8, 4) is 0 Å². The highest BCUT2D eigenvalue weighted by Crippen LogP contribution is 2.21. The molecular weight excluding hydrogens is 334 g/mol. The Morgan fingerprint density at radius 2 is 2.04 bits per heavy atom. The van der Waals surface area contributed by atoms with Gasteiger partial charge in [0.2, 0.25) is 0 Å². The van der Waals surface area contributed by atoms with Crippen LogP contribution in [0.5, 0.6) is 0 Å². The van der Waals surface area contributed by atoms with Crippen LogP contribution in [-0.2, 0) is 9.53 Å². The highest BCUT2D eigenvalue weighted by molar-refractivity contribution is 7.12. The summed E-state index contributed by atoms with van der Waals surface area (Å²) in [5, 5.41) is 3.39. The Hall–Kier alpha value is -1.85. The van der Waals surface area contributed by atoms with Crippen molar-refractivity contribution in [2.24, 2.45) is 0 Å². The van der Waals surface area contributed by atoms with Gasteiger partial charge in [0.05, 0.1) is 11.6 Å². The number of benzene rings is 1. The van der Waals surface area contributed by atoms with Crippen molar-refractivity contribution >= 4 is 34.8 Å². The van der Waals surface area contributed by atoms with Gasteiger partial charge in [0.15, 0.2) is 6.61 Å². The van der Waals surface area contributed by atoms with Gasteiger partial charge in [0, 0.05) is 14.8 Å². The average Bonchev–Trinajstić information content (AvgIpc) is 2.83. The number of hydrogen-bond acceptors (Lipinski definition) is 4. The van der Waals surface area contributed by atoms with Crippen molar-refractivity contribution in [2.45, 2.75) is 26.8 Å². The summed E-state index contributed by atoms with van der Waals surface area (Å²) >= 11 is 7.46. The molecule has 0 aliphatic carbocycles. The smallest absolute Gasteiger partial charge is 0.339 e. The fourth-order valence-electron chi connectivity index (χ4n) is 2.18. The number of halogens is 1. The van der Waals surface area contributed by atoms with E-state index in [1.165, 1.54) is 11.3 Å². The molecule has 1 N–H and O–H groups in total. The molecule has 1 heterocycles. The summed E-state index contributed by atoms with van der Waals surface area (Å²) in [6.45, 7) is 5.32. The van der Waals surface area contributed by atoms with Crippen molar-refractivity contribution in [1.82, 2.24) is 5.32 Å². The molecule has 0 saturated heterocycles. The molecule has 2 aromatic rings. The fraction of sp³-hybridized carbons (Fsp3) is 0.294. The molecule has 0 radical (unpaired) electrons. The molecule has 6 heteroatoms. The molecule has 0 fully saturated rings. The first-order chi connectivity index (χ1) is 10.9. The van der Waals surface area contributed by atoms with E-state index in [-0.39, 0.29) is 18.6 Å². The van der Waals surface area contributed by atoms with E-state index in [2.05, 4.69) is 5.32 Å². The van der Waals surface area contributed by atoms with Crippen LogP contribution in [0.1, 0.15) is 38.6 Å². The van der Waals surface area contributed by atoms with E-state index in [1.54, 1.807) is 18.2 Å². The highest BCUT2D eigenvalue weighted by Gasteiger charge is 2.16. The first-order valence-corrected chi connectivity index (χ1v) is 8.35. The number of esters is 1. The van der Waals surface area contributed by atoms with E-state index in [4.69, 9.17) is 16.3 Å². The second-order valence-electron chi connectivity index (χ2n) is 5.25. The molecule has 0 spiro atoms. The number of carbonyl (C=O) groups is 2. The van der Waals surface area contributed by atoms with Crippen molar-refractivity contribution in [2.75, 3.05) is 6.61 Å². The zero-order chi connectivity index (χ0) is 17.0. The molecular formula is C17H18ClNO3S. The molecule has 4 nitrogen and oxygen atoms in total. The van der Waals surface area contributed by atoms with E-state index >= 15 is 0 Å². The van der Waals surface area contributed by atoms with Gasteiger partial charge in [-0.1, -0.05) is 23.7 Å². The minimum atomic E-state index is -0.475. The monoisotopic (exact) mass is 351 g/mol. The molecule has 23 heavy (non-hydrogen) atoms. The lowest BCUT2D eigenvalue weighted by Crippen LogP contribution is -2.31. The fourth-order valence-corrected chi connectivity index (χ4v) is 3.30. The third kappa shape index (κ3) is 4.81. The maximum absolute atomic E-state index is 12.0. The Kier molecular flexibility index (Phi) is 5.80. The molecule has 0 saturated carbocycles. The molecule has 1 aromatic carbocycles. The zero-order valence-corrected chi connectivity index (χ0v) is 14.8. The lowest BCUT2D eigenvalue weighted by Gasteiger charge is -2.14. The Morgan fingerprint density at radius 3 is 2.65 bits per heavy atom. The van der Waals surface area contributed by atoms with Crippen molar-refractivity contribution in [3.63, 3.8) is 0 Å². The van der Waals surface area contributed by atoms with Crippen LogP contribution in [-0.4, -0.2) is 18.5 Å². The van der Waals surface area contributed by atoms with Crippen LogP contribution >= 0.6 is 22.9 Å². The minimum Gasteiger partial charge on any atom is -0.452 e. The van der Waals surface area contributed by atoms with Gasteiger partial charge in [-0.2, -0.15) is 0 Å². The van der Waals surface area contributed by atoms with Crippen LogP contribution in [0.4, 0.5) is 0 Å². The molecule has 0 unspecified atom stereocenters. The summed E-state index contributed by atoms with van der Waals surface area (Å²) in [5.41, 5.74) is 1.41.